The summed E-state index contributed by atoms with van der Waals surface area (Å²) in [4.78, 5) is 16.2. The van der Waals surface area contributed by atoms with Crippen molar-refractivity contribution in [2.75, 3.05) is 5.75 Å². The zero-order valence-corrected chi connectivity index (χ0v) is 12.2. The van der Waals surface area contributed by atoms with E-state index in [0.717, 1.165) is 16.2 Å². The van der Waals surface area contributed by atoms with Crippen molar-refractivity contribution in [3.63, 3.8) is 0 Å². The Morgan fingerprint density at radius 3 is 2.89 bits per heavy atom. The van der Waals surface area contributed by atoms with E-state index in [2.05, 4.69) is 4.98 Å². The Morgan fingerprint density at radius 1 is 1.32 bits per heavy atom. The Hall–Kier alpha value is -1.32. The molecule has 4 heteroatoms. The molecule has 98 valence electrons. The number of aryl methyl sites for hydroxylation is 1. The molecule has 0 fully saturated rings. The highest BCUT2D eigenvalue weighted by atomic mass is 35.5. The molecular formula is C15H14ClNOS. The zero-order chi connectivity index (χ0) is 13.7. The van der Waals surface area contributed by atoms with Crippen molar-refractivity contribution in [1.29, 1.82) is 0 Å². The molecule has 0 radical (unpaired) electrons. The second-order valence-electron chi connectivity index (χ2n) is 4.26. The molecular weight excluding hydrogens is 278 g/mol. The van der Waals surface area contributed by atoms with Crippen molar-refractivity contribution >= 4 is 29.1 Å². The molecule has 1 heterocycles. The van der Waals surface area contributed by atoms with Gasteiger partial charge in [-0.2, -0.15) is 0 Å². The van der Waals surface area contributed by atoms with Crippen LogP contribution in [0.5, 0.6) is 0 Å². The van der Waals surface area contributed by atoms with Crippen molar-refractivity contribution in [3.05, 3.63) is 58.7 Å². The van der Waals surface area contributed by atoms with Crippen LogP contribution in [-0.2, 0) is 11.2 Å². The maximum atomic E-state index is 11.9. The van der Waals surface area contributed by atoms with Crippen LogP contribution in [0.2, 0.25) is 5.02 Å². The molecule has 0 amide bonds. The van der Waals surface area contributed by atoms with Gasteiger partial charge in [0.25, 0.3) is 0 Å². The maximum absolute atomic E-state index is 11.9. The fraction of sp³-hybridized carbons (Fsp3) is 0.200. The lowest BCUT2D eigenvalue weighted by Crippen LogP contribution is -2.06. The third-order valence-electron chi connectivity index (χ3n) is 2.62. The fourth-order valence-corrected chi connectivity index (χ4v) is 2.74. The van der Waals surface area contributed by atoms with E-state index in [1.165, 1.54) is 11.8 Å². The summed E-state index contributed by atoms with van der Waals surface area (Å²) in [7, 11) is 0. The third-order valence-corrected chi connectivity index (χ3v) is 4.02. The van der Waals surface area contributed by atoms with E-state index in [-0.39, 0.29) is 5.78 Å². The topological polar surface area (TPSA) is 30.0 Å². The molecule has 0 saturated carbocycles. The molecule has 0 saturated heterocycles. The number of hydrogen-bond donors (Lipinski definition) is 0. The van der Waals surface area contributed by atoms with Crippen LogP contribution < -0.4 is 0 Å². The summed E-state index contributed by atoms with van der Waals surface area (Å²) in [5.41, 5.74) is 2.05. The van der Waals surface area contributed by atoms with Crippen molar-refractivity contribution in [1.82, 2.24) is 4.98 Å². The van der Waals surface area contributed by atoms with Crippen LogP contribution in [0.25, 0.3) is 0 Å². The van der Waals surface area contributed by atoms with E-state index in [1.54, 1.807) is 6.20 Å². The molecule has 0 N–H and O–H groups in total. The molecule has 0 spiro atoms. The smallest absolute Gasteiger partial charge is 0.147 e. The van der Waals surface area contributed by atoms with Gasteiger partial charge in [-0.1, -0.05) is 41.6 Å². The van der Waals surface area contributed by atoms with Gasteiger partial charge in [0.1, 0.15) is 5.78 Å². The van der Waals surface area contributed by atoms with E-state index < -0.39 is 0 Å². The number of nitrogens with zero attached hydrogens (tertiary/aromatic N) is 1. The van der Waals surface area contributed by atoms with Crippen LogP contribution >= 0.6 is 23.4 Å². The number of aromatic nitrogens is 1. The van der Waals surface area contributed by atoms with Crippen LogP contribution in [0.3, 0.4) is 0 Å². The van der Waals surface area contributed by atoms with Gasteiger partial charge in [-0.3, -0.25) is 4.79 Å². The molecule has 0 aliphatic carbocycles. The van der Waals surface area contributed by atoms with Crippen LogP contribution in [0, 0.1) is 6.92 Å². The Morgan fingerprint density at radius 2 is 2.16 bits per heavy atom. The van der Waals surface area contributed by atoms with Crippen LogP contribution in [-0.4, -0.2) is 16.5 Å². The van der Waals surface area contributed by atoms with Gasteiger partial charge in [0.15, 0.2) is 0 Å². The lowest BCUT2D eigenvalue weighted by molar-refractivity contribution is -0.116. The van der Waals surface area contributed by atoms with Crippen molar-refractivity contribution in [2.24, 2.45) is 0 Å². The first-order valence-electron chi connectivity index (χ1n) is 5.96. The number of rotatable bonds is 5. The summed E-state index contributed by atoms with van der Waals surface area (Å²) in [6.45, 7) is 2.00. The molecule has 0 bridgehead atoms. The average molecular weight is 292 g/mol. The second-order valence-corrected chi connectivity index (χ2v) is 5.66. The number of pyridine rings is 1. The number of halogens is 1. The number of hydrogen-bond acceptors (Lipinski definition) is 3. The van der Waals surface area contributed by atoms with E-state index in [1.807, 2.05) is 43.3 Å². The summed E-state index contributed by atoms with van der Waals surface area (Å²) < 4.78 is 0. The molecule has 0 unspecified atom stereocenters. The SMILES string of the molecule is Cc1cccnc1SCC(=O)Cc1cccc(Cl)c1. The molecule has 0 aliphatic rings. The van der Waals surface area contributed by atoms with Gasteiger partial charge in [0.05, 0.1) is 10.8 Å². The third kappa shape index (κ3) is 4.37. The lowest BCUT2D eigenvalue weighted by atomic mass is 10.1. The van der Waals surface area contributed by atoms with Crippen LogP contribution in [0.1, 0.15) is 11.1 Å². The van der Waals surface area contributed by atoms with Gasteiger partial charge in [-0.05, 0) is 36.2 Å². The number of carbonyl (C=O) groups is 1. The normalized spacial score (nSPS) is 10.4. The van der Waals surface area contributed by atoms with E-state index in [4.69, 9.17) is 11.6 Å². The molecule has 2 rings (SSSR count). The maximum Gasteiger partial charge on any atom is 0.147 e. The lowest BCUT2D eigenvalue weighted by Gasteiger charge is -2.04. The van der Waals surface area contributed by atoms with Gasteiger partial charge < -0.3 is 0 Å². The molecule has 0 atom stereocenters. The highest BCUT2D eigenvalue weighted by Crippen LogP contribution is 2.19. The summed E-state index contributed by atoms with van der Waals surface area (Å²) >= 11 is 7.38. The Bertz CT molecular complexity index is 586. The first kappa shape index (κ1) is 14.1. The summed E-state index contributed by atoms with van der Waals surface area (Å²) in [5, 5.41) is 1.58. The van der Waals surface area contributed by atoms with Gasteiger partial charge in [-0.15, -0.1) is 0 Å². The number of Topliss-reactive ketones (excluding diaryl/α,β-unsaturated/α-hetero) is 1. The van der Waals surface area contributed by atoms with Crippen molar-refractivity contribution < 1.29 is 4.79 Å². The Kier molecular flexibility index (Phi) is 5.00. The minimum atomic E-state index is 0.178. The molecule has 1 aromatic heterocycles. The average Bonchev–Trinajstić information content (AvgIpc) is 2.38. The standard InChI is InChI=1S/C15H14ClNOS/c1-11-4-3-7-17-15(11)19-10-14(18)9-12-5-2-6-13(16)8-12/h2-8H,9-10H2,1H3. The van der Waals surface area contributed by atoms with Gasteiger partial charge in [0, 0.05) is 17.6 Å². The fourth-order valence-electron chi connectivity index (χ4n) is 1.70. The Balaban J connectivity index is 1.90. The van der Waals surface area contributed by atoms with Crippen molar-refractivity contribution in [3.8, 4) is 0 Å². The van der Waals surface area contributed by atoms with Crippen LogP contribution in [0.15, 0.2) is 47.6 Å². The summed E-state index contributed by atoms with van der Waals surface area (Å²) in [6, 6.07) is 11.3. The highest BCUT2D eigenvalue weighted by molar-refractivity contribution is 7.99. The second kappa shape index (κ2) is 6.73. The van der Waals surface area contributed by atoms with Crippen molar-refractivity contribution in [2.45, 2.75) is 18.4 Å². The zero-order valence-electron chi connectivity index (χ0n) is 10.6. The van der Waals surface area contributed by atoms with E-state index in [9.17, 15) is 4.79 Å². The van der Waals surface area contributed by atoms with Gasteiger partial charge >= 0.3 is 0 Å². The number of ketones is 1. The van der Waals surface area contributed by atoms with Gasteiger partial charge in [-0.25, -0.2) is 4.98 Å². The van der Waals surface area contributed by atoms with Gasteiger partial charge in [0.2, 0.25) is 0 Å². The molecule has 2 nitrogen and oxygen atoms in total. The summed E-state index contributed by atoms with van der Waals surface area (Å²) in [5.74, 6) is 0.613. The predicted molar refractivity (Wildman–Crippen MR) is 79.9 cm³/mol. The number of benzene rings is 1. The minimum absolute atomic E-state index is 0.178. The van der Waals surface area contributed by atoms with Crippen LogP contribution in [0.4, 0.5) is 0 Å². The largest absolute Gasteiger partial charge is 0.298 e. The number of carbonyl (C=O) groups excluding carboxylic acids is 1. The molecule has 1 aromatic carbocycles. The molecule has 19 heavy (non-hydrogen) atoms. The predicted octanol–water partition coefficient (Wildman–Crippen LogP) is 3.95. The molecule has 2 aromatic rings. The quantitative estimate of drug-likeness (QED) is 0.781. The van der Waals surface area contributed by atoms with E-state index >= 15 is 0 Å². The first-order chi connectivity index (χ1) is 9.15. The Labute approximate surface area is 122 Å². The molecule has 0 aliphatic heterocycles. The first-order valence-corrected chi connectivity index (χ1v) is 7.32. The summed E-state index contributed by atoms with van der Waals surface area (Å²) in [6.07, 6.45) is 2.16. The van der Waals surface area contributed by atoms with E-state index in [0.29, 0.717) is 17.2 Å². The number of thioether (sulfide) groups is 1. The highest BCUT2D eigenvalue weighted by Gasteiger charge is 2.07. The minimum Gasteiger partial charge on any atom is -0.298 e. The monoisotopic (exact) mass is 291 g/mol.